The first-order chi connectivity index (χ1) is 14.0. The number of amides is 1. The average Bonchev–Trinajstić information content (AvgIpc) is 2.75. The Balaban J connectivity index is 1.56. The van der Waals surface area contributed by atoms with Gasteiger partial charge in [0.2, 0.25) is 0 Å². The van der Waals surface area contributed by atoms with Crippen LogP contribution in [0.2, 0.25) is 0 Å². The van der Waals surface area contributed by atoms with E-state index >= 15 is 0 Å². The monoisotopic (exact) mass is 406 g/mol. The molecule has 0 aliphatic carbocycles. The zero-order valence-corrected chi connectivity index (χ0v) is 15.9. The fourth-order valence-corrected chi connectivity index (χ4v) is 3.24. The topological polar surface area (TPSA) is 73.2 Å². The zero-order valence-electron chi connectivity index (χ0n) is 15.9. The maximum atomic E-state index is 14.5. The van der Waals surface area contributed by atoms with Crippen molar-refractivity contribution in [3.8, 4) is 0 Å². The van der Waals surface area contributed by atoms with E-state index < -0.39 is 30.4 Å². The third-order valence-electron chi connectivity index (χ3n) is 4.87. The van der Waals surface area contributed by atoms with Gasteiger partial charge >= 0.3 is 6.09 Å². The number of benzene rings is 2. The molecule has 1 atom stereocenters. The van der Waals surface area contributed by atoms with Crippen LogP contribution in [0.3, 0.4) is 0 Å². The minimum absolute atomic E-state index is 0.0101. The number of aliphatic hydroxyl groups excluding tert-OH is 2. The smallest absolute Gasteiger partial charge is 0.410 e. The van der Waals surface area contributed by atoms with Crippen LogP contribution in [-0.2, 0) is 17.8 Å². The van der Waals surface area contributed by atoms with Crippen LogP contribution in [-0.4, -0.2) is 60.1 Å². The predicted molar refractivity (Wildman–Crippen MR) is 104 cm³/mol. The van der Waals surface area contributed by atoms with Crippen molar-refractivity contribution < 1.29 is 28.5 Å². The van der Waals surface area contributed by atoms with E-state index in [1.54, 1.807) is 9.80 Å². The number of anilines is 1. The first-order valence-electron chi connectivity index (χ1n) is 9.45. The molecule has 1 fully saturated rings. The number of ether oxygens (including phenoxy) is 1. The Morgan fingerprint density at radius 2 is 1.76 bits per heavy atom. The molecule has 0 radical (unpaired) electrons. The molecular formula is C21H24F2N2O4. The summed E-state index contributed by atoms with van der Waals surface area (Å²) in [6, 6.07) is 11.5. The van der Waals surface area contributed by atoms with Crippen molar-refractivity contribution in [2.75, 3.05) is 37.7 Å². The van der Waals surface area contributed by atoms with Crippen molar-refractivity contribution in [1.82, 2.24) is 4.90 Å². The zero-order chi connectivity index (χ0) is 20.8. The number of hydrogen-bond acceptors (Lipinski definition) is 5. The molecule has 0 saturated carbocycles. The summed E-state index contributed by atoms with van der Waals surface area (Å²) in [6.07, 6.45) is -1.74. The van der Waals surface area contributed by atoms with Gasteiger partial charge in [0.1, 0.15) is 18.2 Å². The second kappa shape index (κ2) is 9.67. The Morgan fingerprint density at radius 1 is 1.07 bits per heavy atom. The molecule has 0 spiro atoms. The third kappa shape index (κ3) is 5.42. The number of aliphatic hydroxyl groups is 2. The molecule has 156 valence electrons. The number of piperazine rings is 1. The minimum Gasteiger partial charge on any atom is -0.445 e. The Kier molecular flexibility index (Phi) is 7.00. The van der Waals surface area contributed by atoms with Gasteiger partial charge in [-0.05, 0) is 17.2 Å². The standard InChI is InChI=1S/C21H24F2N2O4/c22-18-12-20(19(23)11-16(18)10-17(27)13-26)24-6-8-25(9-7-24)21(28)29-14-15-4-2-1-3-5-15/h1-5,11-12,17,26-27H,6-10,13-14H2/t17-/m0/s1. The number of halogens is 2. The van der Waals surface area contributed by atoms with Gasteiger partial charge in [-0.1, -0.05) is 30.3 Å². The molecule has 29 heavy (non-hydrogen) atoms. The van der Waals surface area contributed by atoms with Gasteiger partial charge in [-0.2, -0.15) is 0 Å². The van der Waals surface area contributed by atoms with Gasteiger partial charge in [0.15, 0.2) is 0 Å². The van der Waals surface area contributed by atoms with E-state index in [0.717, 1.165) is 17.7 Å². The lowest BCUT2D eigenvalue weighted by atomic mass is 10.1. The maximum Gasteiger partial charge on any atom is 0.410 e. The van der Waals surface area contributed by atoms with E-state index in [9.17, 15) is 18.7 Å². The number of rotatable bonds is 6. The molecule has 2 N–H and O–H groups in total. The number of hydrogen-bond donors (Lipinski definition) is 2. The molecule has 1 aliphatic heterocycles. The Bertz CT molecular complexity index is 827. The van der Waals surface area contributed by atoms with Crippen molar-refractivity contribution in [3.63, 3.8) is 0 Å². The van der Waals surface area contributed by atoms with Crippen molar-refractivity contribution in [3.05, 3.63) is 65.2 Å². The third-order valence-corrected chi connectivity index (χ3v) is 4.87. The normalized spacial score (nSPS) is 15.3. The molecule has 0 bridgehead atoms. The highest BCUT2D eigenvalue weighted by Gasteiger charge is 2.25. The first-order valence-corrected chi connectivity index (χ1v) is 9.45. The number of nitrogens with zero attached hydrogens (tertiary/aromatic N) is 2. The second-order valence-corrected chi connectivity index (χ2v) is 6.95. The molecule has 6 nitrogen and oxygen atoms in total. The van der Waals surface area contributed by atoms with Crippen LogP contribution in [0.15, 0.2) is 42.5 Å². The minimum atomic E-state index is -1.14. The molecule has 8 heteroatoms. The van der Waals surface area contributed by atoms with Crippen LogP contribution in [0, 0.1) is 11.6 Å². The van der Waals surface area contributed by atoms with E-state index in [1.807, 2.05) is 30.3 Å². The van der Waals surface area contributed by atoms with Crippen LogP contribution in [0.25, 0.3) is 0 Å². The molecule has 1 amide bonds. The van der Waals surface area contributed by atoms with Gasteiger partial charge in [0.05, 0.1) is 18.4 Å². The van der Waals surface area contributed by atoms with E-state index in [-0.39, 0.29) is 24.3 Å². The molecule has 1 saturated heterocycles. The molecule has 0 aromatic heterocycles. The quantitative estimate of drug-likeness (QED) is 0.770. The second-order valence-electron chi connectivity index (χ2n) is 6.95. The SMILES string of the molecule is O=C(OCc1ccccc1)N1CCN(c2cc(F)c(C[C@H](O)CO)cc2F)CC1. The van der Waals surface area contributed by atoms with Crippen LogP contribution < -0.4 is 4.90 Å². The maximum absolute atomic E-state index is 14.5. The van der Waals surface area contributed by atoms with Crippen molar-refractivity contribution in [1.29, 1.82) is 0 Å². The summed E-state index contributed by atoms with van der Waals surface area (Å²) in [5.41, 5.74) is 1.02. The van der Waals surface area contributed by atoms with Crippen LogP contribution in [0.5, 0.6) is 0 Å². The van der Waals surface area contributed by atoms with E-state index in [1.165, 1.54) is 0 Å². The summed E-state index contributed by atoms with van der Waals surface area (Å²) < 4.78 is 34.1. The van der Waals surface area contributed by atoms with Crippen LogP contribution >= 0.6 is 0 Å². The van der Waals surface area contributed by atoms with E-state index in [0.29, 0.717) is 26.2 Å². The predicted octanol–water partition coefficient (Wildman–Crippen LogP) is 2.32. The highest BCUT2D eigenvalue weighted by atomic mass is 19.1. The molecule has 1 heterocycles. The average molecular weight is 406 g/mol. The molecule has 1 aliphatic rings. The fourth-order valence-electron chi connectivity index (χ4n) is 3.24. The number of carbonyl (C=O) groups is 1. The van der Waals surface area contributed by atoms with Crippen molar-refractivity contribution >= 4 is 11.8 Å². The summed E-state index contributed by atoms with van der Waals surface area (Å²) in [4.78, 5) is 15.4. The molecule has 3 rings (SSSR count). The van der Waals surface area contributed by atoms with E-state index in [2.05, 4.69) is 0 Å². The largest absolute Gasteiger partial charge is 0.445 e. The number of carbonyl (C=O) groups excluding carboxylic acids is 1. The van der Waals surface area contributed by atoms with Crippen molar-refractivity contribution in [2.45, 2.75) is 19.1 Å². The van der Waals surface area contributed by atoms with E-state index in [4.69, 9.17) is 9.84 Å². The van der Waals surface area contributed by atoms with Crippen LogP contribution in [0.4, 0.5) is 19.3 Å². The lowest BCUT2D eigenvalue weighted by molar-refractivity contribution is 0.0941. The Labute approximate surface area is 167 Å². The summed E-state index contributed by atoms with van der Waals surface area (Å²) in [7, 11) is 0. The van der Waals surface area contributed by atoms with Gasteiger partial charge in [0.25, 0.3) is 0 Å². The van der Waals surface area contributed by atoms with Gasteiger partial charge in [-0.15, -0.1) is 0 Å². The molecule has 2 aromatic carbocycles. The lowest BCUT2D eigenvalue weighted by Crippen LogP contribution is -2.49. The van der Waals surface area contributed by atoms with Gasteiger partial charge in [-0.25, -0.2) is 13.6 Å². The van der Waals surface area contributed by atoms with Gasteiger partial charge in [-0.3, -0.25) is 0 Å². The molecular weight excluding hydrogens is 382 g/mol. The lowest BCUT2D eigenvalue weighted by Gasteiger charge is -2.35. The molecule has 0 unspecified atom stereocenters. The summed E-state index contributed by atoms with van der Waals surface area (Å²) in [5.74, 6) is -1.25. The summed E-state index contributed by atoms with van der Waals surface area (Å²) in [5, 5.41) is 18.3. The first kappa shape index (κ1) is 21.0. The Hall–Kier alpha value is -2.71. The fraction of sp³-hybridized carbons (Fsp3) is 0.381. The highest BCUT2D eigenvalue weighted by Crippen LogP contribution is 2.25. The van der Waals surface area contributed by atoms with Crippen molar-refractivity contribution in [2.24, 2.45) is 0 Å². The van der Waals surface area contributed by atoms with Gasteiger partial charge < -0.3 is 24.7 Å². The van der Waals surface area contributed by atoms with Crippen LogP contribution in [0.1, 0.15) is 11.1 Å². The van der Waals surface area contributed by atoms with Gasteiger partial charge in [0, 0.05) is 38.7 Å². The highest BCUT2D eigenvalue weighted by molar-refractivity contribution is 5.68. The summed E-state index contributed by atoms with van der Waals surface area (Å²) in [6.45, 7) is 1.01. The Morgan fingerprint density at radius 3 is 2.41 bits per heavy atom. The molecule has 2 aromatic rings. The summed E-state index contributed by atoms with van der Waals surface area (Å²) >= 11 is 0.